The molecule has 0 aliphatic heterocycles. The Morgan fingerprint density at radius 1 is 1.17 bits per heavy atom. The van der Waals surface area contributed by atoms with Crippen molar-refractivity contribution in [2.24, 2.45) is 0 Å². The minimum Gasteiger partial charge on any atom is -0.487 e. The van der Waals surface area contributed by atoms with Crippen LogP contribution in [0.25, 0.3) is 0 Å². The van der Waals surface area contributed by atoms with Crippen molar-refractivity contribution in [3.8, 4) is 11.8 Å². The van der Waals surface area contributed by atoms with E-state index in [4.69, 9.17) is 15.7 Å². The first kappa shape index (κ1) is 12.5. The number of nitrogens with zero attached hydrogens (tertiary/aromatic N) is 1. The van der Waals surface area contributed by atoms with E-state index in [-0.39, 0.29) is 0 Å². The number of nitrogens with two attached hydrogens (primary N) is 1. The first-order valence-electron chi connectivity index (χ1n) is 5.36. The zero-order valence-corrected chi connectivity index (χ0v) is 11.1. The molecular weight excluding hydrogens is 292 g/mol. The number of rotatable bonds is 3. The molecule has 0 radical (unpaired) electrons. The summed E-state index contributed by atoms with van der Waals surface area (Å²) in [5.41, 5.74) is 7.86. The van der Waals surface area contributed by atoms with Crippen LogP contribution in [-0.4, -0.2) is 0 Å². The summed E-state index contributed by atoms with van der Waals surface area (Å²) in [5, 5.41) is 8.98. The Morgan fingerprint density at radius 3 is 2.56 bits per heavy atom. The van der Waals surface area contributed by atoms with Gasteiger partial charge in [0.05, 0.1) is 5.56 Å². The van der Waals surface area contributed by atoms with Crippen LogP contribution in [0.1, 0.15) is 11.1 Å². The lowest BCUT2D eigenvalue weighted by atomic mass is 10.2. The molecule has 0 fully saturated rings. The van der Waals surface area contributed by atoms with Crippen molar-refractivity contribution in [3.63, 3.8) is 0 Å². The summed E-state index contributed by atoms with van der Waals surface area (Å²) >= 11 is 3.36. The Morgan fingerprint density at radius 2 is 1.89 bits per heavy atom. The van der Waals surface area contributed by atoms with Crippen molar-refractivity contribution in [2.45, 2.75) is 6.61 Å². The van der Waals surface area contributed by atoms with Gasteiger partial charge in [0.25, 0.3) is 0 Å². The molecule has 3 nitrogen and oxygen atoms in total. The number of nitriles is 1. The van der Waals surface area contributed by atoms with Gasteiger partial charge in [0, 0.05) is 10.2 Å². The van der Waals surface area contributed by atoms with Gasteiger partial charge in [-0.2, -0.15) is 5.26 Å². The number of ether oxygens (including phenoxy) is 1. The van der Waals surface area contributed by atoms with Crippen LogP contribution >= 0.6 is 15.9 Å². The standard InChI is InChI=1S/C14H11BrN2O/c15-12-4-3-11(8-16)14(7-12)18-9-10-1-5-13(17)6-2-10/h1-7H,9,17H2. The molecule has 0 spiro atoms. The summed E-state index contributed by atoms with van der Waals surface area (Å²) in [7, 11) is 0. The maximum Gasteiger partial charge on any atom is 0.138 e. The Bertz CT molecular complexity index is 588. The van der Waals surface area contributed by atoms with Crippen LogP contribution < -0.4 is 10.5 Å². The van der Waals surface area contributed by atoms with E-state index in [1.165, 1.54) is 0 Å². The topological polar surface area (TPSA) is 59.0 Å². The van der Waals surface area contributed by atoms with E-state index in [2.05, 4.69) is 22.0 Å². The van der Waals surface area contributed by atoms with E-state index >= 15 is 0 Å². The lowest BCUT2D eigenvalue weighted by molar-refractivity contribution is 0.305. The molecule has 0 bridgehead atoms. The molecule has 4 heteroatoms. The summed E-state index contributed by atoms with van der Waals surface area (Å²) < 4.78 is 6.52. The van der Waals surface area contributed by atoms with E-state index in [1.54, 1.807) is 12.1 Å². The predicted molar refractivity (Wildman–Crippen MR) is 74.0 cm³/mol. The first-order valence-corrected chi connectivity index (χ1v) is 6.15. The number of anilines is 1. The van der Waals surface area contributed by atoms with Crippen molar-refractivity contribution < 1.29 is 4.74 Å². The van der Waals surface area contributed by atoms with Crippen LogP contribution in [0.2, 0.25) is 0 Å². The third-order valence-corrected chi connectivity index (χ3v) is 2.93. The number of hydrogen-bond acceptors (Lipinski definition) is 3. The molecule has 2 rings (SSSR count). The number of nitrogen functional groups attached to an aromatic ring is 1. The lowest BCUT2D eigenvalue weighted by Crippen LogP contribution is -1.97. The number of halogens is 1. The molecule has 0 unspecified atom stereocenters. The average molecular weight is 303 g/mol. The fraction of sp³-hybridized carbons (Fsp3) is 0.0714. The minimum atomic E-state index is 0.408. The van der Waals surface area contributed by atoms with Gasteiger partial charge in [-0.25, -0.2) is 0 Å². The van der Waals surface area contributed by atoms with E-state index < -0.39 is 0 Å². The van der Waals surface area contributed by atoms with Gasteiger partial charge in [-0.3, -0.25) is 0 Å². The highest BCUT2D eigenvalue weighted by molar-refractivity contribution is 9.10. The van der Waals surface area contributed by atoms with Gasteiger partial charge in [0.2, 0.25) is 0 Å². The highest BCUT2D eigenvalue weighted by Gasteiger charge is 2.04. The van der Waals surface area contributed by atoms with Gasteiger partial charge >= 0.3 is 0 Å². The molecule has 18 heavy (non-hydrogen) atoms. The van der Waals surface area contributed by atoms with Crippen LogP contribution in [0.4, 0.5) is 5.69 Å². The van der Waals surface area contributed by atoms with Gasteiger partial charge in [-0.1, -0.05) is 28.1 Å². The van der Waals surface area contributed by atoms with Gasteiger partial charge in [-0.05, 0) is 35.9 Å². The molecule has 0 saturated heterocycles. The lowest BCUT2D eigenvalue weighted by Gasteiger charge is -2.08. The second kappa shape index (κ2) is 5.56. The normalized spacial score (nSPS) is 9.78. The predicted octanol–water partition coefficient (Wildman–Crippen LogP) is 3.48. The molecule has 0 aromatic heterocycles. The average Bonchev–Trinajstić information content (AvgIpc) is 2.38. The molecule has 2 aromatic rings. The molecule has 0 heterocycles. The van der Waals surface area contributed by atoms with Gasteiger partial charge in [0.15, 0.2) is 0 Å². The molecule has 90 valence electrons. The highest BCUT2D eigenvalue weighted by atomic mass is 79.9. The Labute approximate surface area is 114 Å². The Balaban J connectivity index is 2.13. The fourth-order valence-corrected chi connectivity index (χ4v) is 1.82. The van der Waals surface area contributed by atoms with E-state index in [0.717, 1.165) is 15.7 Å². The summed E-state index contributed by atoms with van der Waals surface area (Å²) in [5.74, 6) is 0.573. The fourth-order valence-electron chi connectivity index (χ4n) is 1.48. The number of hydrogen-bond donors (Lipinski definition) is 1. The molecular formula is C14H11BrN2O. The van der Waals surface area contributed by atoms with Crippen molar-refractivity contribution in [3.05, 3.63) is 58.1 Å². The first-order chi connectivity index (χ1) is 8.69. The molecule has 0 amide bonds. The largest absolute Gasteiger partial charge is 0.487 e. The SMILES string of the molecule is N#Cc1ccc(Br)cc1OCc1ccc(N)cc1. The van der Waals surface area contributed by atoms with Gasteiger partial charge in [0.1, 0.15) is 18.4 Å². The van der Waals surface area contributed by atoms with Crippen LogP contribution in [0, 0.1) is 11.3 Å². The van der Waals surface area contributed by atoms with Crippen LogP contribution in [0.3, 0.4) is 0 Å². The van der Waals surface area contributed by atoms with Gasteiger partial charge < -0.3 is 10.5 Å². The maximum absolute atomic E-state index is 8.98. The second-order valence-corrected chi connectivity index (χ2v) is 4.70. The summed E-state index contributed by atoms with van der Waals surface area (Å²) in [4.78, 5) is 0. The van der Waals surface area contributed by atoms with Crippen molar-refractivity contribution >= 4 is 21.6 Å². The van der Waals surface area contributed by atoms with Crippen LogP contribution in [0.5, 0.6) is 5.75 Å². The third-order valence-electron chi connectivity index (χ3n) is 2.44. The van der Waals surface area contributed by atoms with E-state index in [9.17, 15) is 0 Å². The molecule has 2 N–H and O–H groups in total. The molecule has 0 aliphatic carbocycles. The number of benzene rings is 2. The maximum atomic E-state index is 8.98. The van der Waals surface area contributed by atoms with Gasteiger partial charge in [-0.15, -0.1) is 0 Å². The van der Waals surface area contributed by atoms with Crippen molar-refractivity contribution in [1.82, 2.24) is 0 Å². The monoisotopic (exact) mass is 302 g/mol. The van der Waals surface area contributed by atoms with Crippen molar-refractivity contribution in [2.75, 3.05) is 5.73 Å². The molecule has 0 saturated carbocycles. The Hall–Kier alpha value is -1.99. The third kappa shape index (κ3) is 3.02. The highest BCUT2D eigenvalue weighted by Crippen LogP contribution is 2.24. The summed E-state index contributed by atoms with van der Waals surface area (Å²) in [6.45, 7) is 0.408. The molecule has 0 atom stereocenters. The molecule has 0 aliphatic rings. The van der Waals surface area contributed by atoms with Crippen LogP contribution in [-0.2, 0) is 6.61 Å². The second-order valence-electron chi connectivity index (χ2n) is 3.78. The quantitative estimate of drug-likeness (QED) is 0.883. The van der Waals surface area contributed by atoms with E-state index in [0.29, 0.717) is 17.9 Å². The minimum absolute atomic E-state index is 0.408. The van der Waals surface area contributed by atoms with Crippen LogP contribution in [0.15, 0.2) is 46.9 Å². The zero-order valence-electron chi connectivity index (χ0n) is 9.56. The Kier molecular flexibility index (Phi) is 3.85. The smallest absolute Gasteiger partial charge is 0.138 e. The summed E-state index contributed by atoms with van der Waals surface area (Å²) in [6, 6.07) is 14.9. The zero-order chi connectivity index (χ0) is 13.0. The molecule has 2 aromatic carbocycles. The van der Waals surface area contributed by atoms with Crippen molar-refractivity contribution in [1.29, 1.82) is 5.26 Å². The summed E-state index contributed by atoms with van der Waals surface area (Å²) in [6.07, 6.45) is 0. The van der Waals surface area contributed by atoms with E-state index in [1.807, 2.05) is 30.3 Å².